The van der Waals surface area contributed by atoms with Gasteiger partial charge in [-0.05, 0) is 12.8 Å². The summed E-state index contributed by atoms with van der Waals surface area (Å²) in [6.45, 7) is 2.46. The van der Waals surface area contributed by atoms with Crippen LogP contribution < -0.4 is 5.73 Å². The zero-order valence-corrected chi connectivity index (χ0v) is 12.0. The van der Waals surface area contributed by atoms with E-state index in [0.717, 1.165) is 19.4 Å². The summed E-state index contributed by atoms with van der Waals surface area (Å²) in [5.41, 5.74) is 5.50. The van der Waals surface area contributed by atoms with Crippen LogP contribution in [0, 0.1) is 0 Å². The van der Waals surface area contributed by atoms with Crippen molar-refractivity contribution in [2.75, 3.05) is 40.4 Å². The molecule has 0 aromatic rings. The standard InChI is InChI=1S/C12H23N3O2S/c1-14(10-3-4-10)12(16)9-15(7-8-17-2)6-5-11(13)18/h10H,3-9H2,1-2H3,(H2,13,18). The first-order valence-corrected chi connectivity index (χ1v) is 6.70. The lowest BCUT2D eigenvalue weighted by Crippen LogP contribution is -2.41. The van der Waals surface area contributed by atoms with Crippen LogP contribution in [0.1, 0.15) is 19.3 Å². The number of carbonyl (C=O) groups is 1. The highest BCUT2D eigenvalue weighted by Gasteiger charge is 2.29. The van der Waals surface area contributed by atoms with Crippen molar-refractivity contribution in [3.63, 3.8) is 0 Å². The Bertz CT molecular complexity index is 295. The van der Waals surface area contributed by atoms with Gasteiger partial charge in [-0.25, -0.2) is 0 Å². The van der Waals surface area contributed by atoms with Crippen molar-refractivity contribution >= 4 is 23.1 Å². The van der Waals surface area contributed by atoms with Crippen LogP contribution in [0.2, 0.25) is 0 Å². The van der Waals surface area contributed by atoms with E-state index in [1.165, 1.54) is 0 Å². The molecule has 6 heteroatoms. The fourth-order valence-electron chi connectivity index (χ4n) is 1.73. The smallest absolute Gasteiger partial charge is 0.236 e. The lowest BCUT2D eigenvalue weighted by atomic mass is 10.3. The maximum atomic E-state index is 12.0. The van der Waals surface area contributed by atoms with Gasteiger partial charge in [-0.3, -0.25) is 9.69 Å². The van der Waals surface area contributed by atoms with Gasteiger partial charge in [-0.15, -0.1) is 0 Å². The number of carbonyl (C=O) groups excluding carboxylic acids is 1. The molecule has 2 N–H and O–H groups in total. The highest BCUT2D eigenvalue weighted by molar-refractivity contribution is 7.80. The Morgan fingerprint density at radius 2 is 2.11 bits per heavy atom. The van der Waals surface area contributed by atoms with Gasteiger partial charge in [0, 0.05) is 39.7 Å². The molecule has 18 heavy (non-hydrogen) atoms. The number of hydrogen-bond donors (Lipinski definition) is 1. The summed E-state index contributed by atoms with van der Waals surface area (Å²) in [6.07, 6.45) is 2.90. The number of nitrogens with zero attached hydrogens (tertiary/aromatic N) is 2. The molecule has 1 amide bonds. The minimum atomic E-state index is 0.163. The quantitative estimate of drug-likeness (QED) is 0.610. The Balaban J connectivity index is 2.37. The van der Waals surface area contributed by atoms with Gasteiger partial charge in [0.2, 0.25) is 5.91 Å². The molecule has 0 aromatic heterocycles. The number of likely N-dealkylation sites (N-methyl/N-ethyl adjacent to an activating group) is 1. The summed E-state index contributed by atoms with van der Waals surface area (Å²) in [4.78, 5) is 16.4. The molecule has 0 unspecified atom stereocenters. The third kappa shape index (κ3) is 5.75. The lowest BCUT2D eigenvalue weighted by Gasteiger charge is -2.24. The minimum Gasteiger partial charge on any atom is -0.393 e. The summed E-state index contributed by atoms with van der Waals surface area (Å²) in [6, 6.07) is 0.456. The van der Waals surface area contributed by atoms with Crippen molar-refractivity contribution in [3.05, 3.63) is 0 Å². The molecule has 0 bridgehead atoms. The second kappa shape index (κ2) is 7.66. The van der Waals surface area contributed by atoms with Crippen LogP contribution >= 0.6 is 12.2 Å². The first-order valence-electron chi connectivity index (χ1n) is 6.30. The molecule has 5 nitrogen and oxygen atoms in total. The van der Waals surface area contributed by atoms with E-state index in [9.17, 15) is 4.79 Å². The zero-order chi connectivity index (χ0) is 13.5. The van der Waals surface area contributed by atoms with Crippen LogP contribution in [-0.2, 0) is 9.53 Å². The number of rotatable bonds is 9. The maximum absolute atomic E-state index is 12.0. The number of thiocarbonyl (C=S) groups is 1. The van der Waals surface area contributed by atoms with E-state index in [-0.39, 0.29) is 5.91 Å². The van der Waals surface area contributed by atoms with Gasteiger partial charge in [-0.2, -0.15) is 0 Å². The first-order chi connectivity index (χ1) is 8.54. The van der Waals surface area contributed by atoms with Crippen LogP contribution in [0.4, 0.5) is 0 Å². The Hall–Kier alpha value is -0.720. The topological polar surface area (TPSA) is 58.8 Å². The summed E-state index contributed by atoms with van der Waals surface area (Å²) < 4.78 is 5.05. The lowest BCUT2D eigenvalue weighted by molar-refractivity contribution is -0.131. The van der Waals surface area contributed by atoms with Crippen molar-refractivity contribution in [1.29, 1.82) is 0 Å². The Morgan fingerprint density at radius 1 is 1.44 bits per heavy atom. The average Bonchev–Trinajstić information content (AvgIpc) is 3.15. The maximum Gasteiger partial charge on any atom is 0.236 e. The van der Waals surface area contributed by atoms with E-state index < -0.39 is 0 Å². The Labute approximate surface area is 114 Å². The molecule has 1 fully saturated rings. The highest BCUT2D eigenvalue weighted by Crippen LogP contribution is 2.25. The summed E-state index contributed by atoms with van der Waals surface area (Å²) >= 11 is 4.87. The van der Waals surface area contributed by atoms with Gasteiger partial charge in [0.1, 0.15) is 0 Å². The third-order valence-corrected chi connectivity index (χ3v) is 3.34. The van der Waals surface area contributed by atoms with Crippen LogP contribution in [0.3, 0.4) is 0 Å². The molecule has 1 saturated carbocycles. The van der Waals surface area contributed by atoms with E-state index in [4.69, 9.17) is 22.7 Å². The fourth-order valence-corrected chi connectivity index (χ4v) is 1.82. The Morgan fingerprint density at radius 3 is 2.61 bits per heavy atom. The molecule has 0 heterocycles. The number of hydrogen-bond acceptors (Lipinski definition) is 4. The second-order valence-corrected chi connectivity index (χ2v) is 5.25. The molecule has 0 atom stereocenters. The van der Waals surface area contributed by atoms with Crippen LogP contribution in [-0.4, -0.2) is 67.1 Å². The molecule has 0 spiro atoms. The average molecular weight is 273 g/mol. The predicted octanol–water partition coefficient (Wildman–Crippen LogP) is 0.232. The number of nitrogens with two attached hydrogens (primary N) is 1. The molecule has 0 saturated heterocycles. The SMILES string of the molecule is COCCN(CCC(N)=S)CC(=O)N(C)C1CC1. The molecule has 1 aliphatic carbocycles. The van der Waals surface area contributed by atoms with E-state index in [1.54, 1.807) is 7.11 Å². The summed E-state index contributed by atoms with van der Waals surface area (Å²) in [5.74, 6) is 0.163. The van der Waals surface area contributed by atoms with E-state index in [1.807, 2.05) is 16.8 Å². The van der Waals surface area contributed by atoms with Crippen molar-refractivity contribution < 1.29 is 9.53 Å². The fraction of sp³-hybridized carbons (Fsp3) is 0.833. The molecule has 1 rings (SSSR count). The van der Waals surface area contributed by atoms with Gasteiger partial charge in [0.05, 0.1) is 18.1 Å². The van der Waals surface area contributed by atoms with Crippen molar-refractivity contribution in [3.8, 4) is 0 Å². The number of amides is 1. The Kier molecular flexibility index (Phi) is 6.52. The summed E-state index contributed by atoms with van der Waals surface area (Å²) in [5, 5.41) is 0. The third-order valence-electron chi connectivity index (χ3n) is 3.13. The molecule has 1 aliphatic rings. The van der Waals surface area contributed by atoms with Crippen molar-refractivity contribution in [2.45, 2.75) is 25.3 Å². The number of ether oxygens (including phenoxy) is 1. The normalized spacial score (nSPS) is 14.8. The van der Waals surface area contributed by atoms with Gasteiger partial charge in [0.25, 0.3) is 0 Å². The van der Waals surface area contributed by atoms with Crippen molar-refractivity contribution in [2.24, 2.45) is 5.73 Å². The van der Waals surface area contributed by atoms with Gasteiger partial charge < -0.3 is 15.4 Å². The predicted molar refractivity (Wildman–Crippen MR) is 75.5 cm³/mol. The number of methoxy groups -OCH3 is 1. The molecule has 0 radical (unpaired) electrons. The van der Waals surface area contributed by atoms with E-state index >= 15 is 0 Å². The van der Waals surface area contributed by atoms with Crippen LogP contribution in [0.5, 0.6) is 0 Å². The molecular weight excluding hydrogens is 250 g/mol. The molecule has 104 valence electrons. The first kappa shape index (κ1) is 15.3. The van der Waals surface area contributed by atoms with Crippen molar-refractivity contribution in [1.82, 2.24) is 9.80 Å². The summed E-state index contributed by atoms with van der Waals surface area (Å²) in [7, 11) is 3.53. The zero-order valence-electron chi connectivity index (χ0n) is 11.2. The van der Waals surface area contributed by atoms with Gasteiger partial charge >= 0.3 is 0 Å². The highest BCUT2D eigenvalue weighted by atomic mass is 32.1. The van der Waals surface area contributed by atoms with E-state index in [0.29, 0.717) is 37.1 Å². The van der Waals surface area contributed by atoms with Crippen LogP contribution in [0.15, 0.2) is 0 Å². The molecule has 0 aromatic carbocycles. The minimum absolute atomic E-state index is 0.163. The molecule has 0 aliphatic heterocycles. The molecular formula is C12H23N3O2S. The van der Waals surface area contributed by atoms with Crippen LogP contribution in [0.25, 0.3) is 0 Å². The van der Waals surface area contributed by atoms with Gasteiger partial charge in [0.15, 0.2) is 0 Å². The van der Waals surface area contributed by atoms with Gasteiger partial charge in [-0.1, -0.05) is 12.2 Å². The largest absolute Gasteiger partial charge is 0.393 e. The second-order valence-electron chi connectivity index (χ2n) is 4.72. The monoisotopic (exact) mass is 273 g/mol. The van der Waals surface area contributed by atoms with E-state index in [2.05, 4.69) is 0 Å².